The van der Waals surface area contributed by atoms with E-state index in [0.29, 0.717) is 29.3 Å². The number of hydrogen-bond acceptors (Lipinski definition) is 7. The Morgan fingerprint density at radius 2 is 1.95 bits per heavy atom. The van der Waals surface area contributed by atoms with Crippen LogP contribution in [0.4, 0.5) is 36.1 Å². The second-order valence-corrected chi connectivity index (χ2v) is 9.51. The number of halogens is 3. The Kier molecular flexibility index (Phi) is 6.89. The number of benzene rings is 1. The number of aromatic nitrogens is 3. The van der Waals surface area contributed by atoms with Crippen molar-refractivity contribution in [3.8, 4) is 6.07 Å². The highest BCUT2D eigenvalue weighted by atomic mass is 32.1. The van der Waals surface area contributed by atoms with E-state index in [1.54, 1.807) is 28.1 Å². The number of nitrogens with zero attached hydrogens (tertiary/aromatic N) is 6. The molecule has 1 aliphatic rings. The van der Waals surface area contributed by atoms with Crippen LogP contribution in [0.25, 0.3) is 5.65 Å². The fourth-order valence-corrected chi connectivity index (χ4v) is 5.17. The molecular weight excluding hydrogens is 537 g/mol. The summed E-state index contributed by atoms with van der Waals surface area (Å²) in [4.78, 5) is 25.0. The maximum Gasteiger partial charge on any atom is 0.293 e. The van der Waals surface area contributed by atoms with Crippen LogP contribution >= 0.6 is 12.2 Å². The predicted octanol–water partition coefficient (Wildman–Crippen LogP) is 6.25. The standard InChI is InChI=1S/C29H23F3N6OS/c1-4-9-29(31,32)22-12-20(7-6-18(22)14-33)38-24(16-40)37(26-17(3)8-10-34-28(26)38)21-13-23(30)27-35-19(5-2)11-25(39)36(27)15-21/h4,6-13,15-16,24H,5H2,1-3H3/b9-4+. The number of nitriles is 1. The minimum absolute atomic E-state index is 0.103. The molecule has 202 valence electrons. The van der Waals surface area contributed by atoms with Crippen molar-refractivity contribution in [2.75, 3.05) is 9.80 Å². The average Bonchev–Trinajstić information content (AvgIpc) is 3.28. The molecule has 1 aromatic carbocycles. The molecule has 0 amide bonds. The van der Waals surface area contributed by atoms with Crippen LogP contribution in [0.1, 0.15) is 36.2 Å². The number of rotatable bonds is 6. The van der Waals surface area contributed by atoms with Gasteiger partial charge in [0.05, 0.1) is 23.0 Å². The minimum Gasteiger partial charge on any atom is -0.311 e. The third kappa shape index (κ3) is 4.30. The first-order valence-electron chi connectivity index (χ1n) is 12.4. The van der Waals surface area contributed by atoms with Crippen molar-refractivity contribution in [2.45, 2.75) is 39.3 Å². The van der Waals surface area contributed by atoms with Gasteiger partial charge in [0, 0.05) is 46.8 Å². The van der Waals surface area contributed by atoms with Crippen LogP contribution in [-0.4, -0.2) is 25.9 Å². The molecule has 0 aliphatic carbocycles. The third-order valence-corrected chi connectivity index (χ3v) is 7.00. The van der Waals surface area contributed by atoms with Crippen LogP contribution in [0, 0.1) is 24.1 Å². The second-order valence-electron chi connectivity index (χ2n) is 9.23. The third-order valence-electron chi connectivity index (χ3n) is 6.76. The van der Waals surface area contributed by atoms with Crippen LogP contribution in [0.5, 0.6) is 0 Å². The average molecular weight is 561 g/mol. The van der Waals surface area contributed by atoms with Crippen LogP contribution in [0.15, 0.2) is 65.7 Å². The highest BCUT2D eigenvalue weighted by Crippen LogP contribution is 2.48. The molecule has 3 aromatic heterocycles. The summed E-state index contributed by atoms with van der Waals surface area (Å²) in [5, 5.41) is 10.9. The van der Waals surface area contributed by atoms with E-state index in [0.717, 1.165) is 16.0 Å². The lowest BCUT2D eigenvalue weighted by molar-refractivity contribution is 0.0517. The van der Waals surface area contributed by atoms with Gasteiger partial charge in [0.15, 0.2) is 17.3 Å². The summed E-state index contributed by atoms with van der Waals surface area (Å²) in [7, 11) is 0. The first kappa shape index (κ1) is 27.0. The van der Waals surface area contributed by atoms with E-state index in [9.17, 15) is 10.1 Å². The first-order chi connectivity index (χ1) is 19.1. The molecule has 4 heterocycles. The molecular formula is C29H23F3N6OS. The Morgan fingerprint density at radius 1 is 1.18 bits per heavy atom. The Bertz CT molecular complexity index is 1800. The molecule has 0 bridgehead atoms. The summed E-state index contributed by atoms with van der Waals surface area (Å²) < 4.78 is 46.7. The maximum atomic E-state index is 15.4. The minimum atomic E-state index is -3.40. The number of pyridine rings is 2. The fourth-order valence-electron chi connectivity index (χ4n) is 4.92. The normalized spacial score (nSPS) is 15.1. The van der Waals surface area contributed by atoms with Crippen LogP contribution in [0.2, 0.25) is 0 Å². The molecule has 11 heteroatoms. The molecule has 0 spiro atoms. The van der Waals surface area contributed by atoms with Gasteiger partial charge < -0.3 is 4.90 Å². The summed E-state index contributed by atoms with van der Waals surface area (Å²) in [5.41, 5.74) is 1.20. The van der Waals surface area contributed by atoms with Gasteiger partial charge in [-0.2, -0.15) is 14.0 Å². The van der Waals surface area contributed by atoms with E-state index in [2.05, 4.69) is 9.97 Å². The number of fused-ring (bicyclic) bond motifs is 2. The lowest BCUT2D eigenvalue weighted by Crippen LogP contribution is -2.39. The molecule has 5 rings (SSSR count). The molecule has 1 aliphatic heterocycles. The van der Waals surface area contributed by atoms with Gasteiger partial charge in [0.1, 0.15) is 6.17 Å². The van der Waals surface area contributed by atoms with Gasteiger partial charge in [-0.05, 0) is 56.2 Å². The van der Waals surface area contributed by atoms with Gasteiger partial charge >= 0.3 is 0 Å². The molecule has 0 saturated carbocycles. The SMILES string of the molecule is C/C=C/C(F)(F)c1cc(N2c3nccc(C)c3N(c3cc(F)c4nc(CC)cc(=O)n4c3)C2C=S)ccc1C#N. The molecule has 7 nitrogen and oxygen atoms in total. The fraction of sp³-hybridized carbons (Fsp3) is 0.207. The van der Waals surface area contributed by atoms with Crippen LogP contribution in [0.3, 0.4) is 0 Å². The quantitative estimate of drug-likeness (QED) is 0.204. The molecule has 0 fully saturated rings. The van der Waals surface area contributed by atoms with Gasteiger partial charge in [-0.15, -0.1) is 0 Å². The van der Waals surface area contributed by atoms with Crippen LogP contribution < -0.4 is 15.4 Å². The van der Waals surface area contributed by atoms with Gasteiger partial charge in [0.25, 0.3) is 11.5 Å². The summed E-state index contributed by atoms with van der Waals surface area (Å²) >= 11 is 5.42. The molecule has 0 N–H and O–H groups in total. The van der Waals surface area contributed by atoms with Gasteiger partial charge in [-0.3, -0.25) is 14.1 Å². The van der Waals surface area contributed by atoms with Crippen LogP contribution in [-0.2, 0) is 12.3 Å². The lowest BCUT2D eigenvalue weighted by Gasteiger charge is -2.30. The van der Waals surface area contributed by atoms with E-state index >= 15 is 13.2 Å². The van der Waals surface area contributed by atoms with E-state index in [1.807, 2.05) is 19.9 Å². The van der Waals surface area contributed by atoms with E-state index in [1.165, 1.54) is 48.8 Å². The number of alkyl halides is 2. The summed E-state index contributed by atoms with van der Waals surface area (Å²) in [5.74, 6) is -3.72. The molecule has 1 unspecified atom stereocenters. The number of anilines is 4. The summed E-state index contributed by atoms with van der Waals surface area (Å²) in [6.45, 7) is 5.13. The number of thiocarbonyl (C=S) groups is 1. The smallest absolute Gasteiger partial charge is 0.293 e. The molecule has 0 radical (unpaired) electrons. The zero-order valence-corrected chi connectivity index (χ0v) is 22.6. The number of aryl methyl sites for hydroxylation is 2. The zero-order chi connectivity index (χ0) is 28.8. The van der Waals surface area contributed by atoms with Gasteiger partial charge in [-0.25, -0.2) is 14.4 Å². The van der Waals surface area contributed by atoms with Crippen molar-refractivity contribution in [2.24, 2.45) is 0 Å². The van der Waals surface area contributed by atoms with Crippen molar-refractivity contribution < 1.29 is 13.2 Å². The van der Waals surface area contributed by atoms with Crippen molar-refractivity contribution in [3.05, 3.63) is 99.5 Å². The van der Waals surface area contributed by atoms with Crippen molar-refractivity contribution in [1.82, 2.24) is 14.4 Å². The first-order valence-corrected chi connectivity index (χ1v) is 12.9. The maximum absolute atomic E-state index is 15.4. The summed E-state index contributed by atoms with van der Waals surface area (Å²) in [6, 6.07) is 10.3. The second kappa shape index (κ2) is 10.2. The molecule has 1 atom stereocenters. The lowest BCUT2D eigenvalue weighted by atomic mass is 10.0. The predicted molar refractivity (Wildman–Crippen MR) is 151 cm³/mol. The van der Waals surface area contributed by atoms with Crippen molar-refractivity contribution in [3.63, 3.8) is 0 Å². The largest absolute Gasteiger partial charge is 0.311 e. The Hall–Kier alpha value is -4.56. The Labute approximate surface area is 233 Å². The van der Waals surface area contributed by atoms with E-state index < -0.39 is 29.0 Å². The van der Waals surface area contributed by atoms with Gasteiger partial charge in [-0.1, -0.05) is 25.2 Å². The monoisotopic (exact) mass is 560 g/mol. The van der Waals surface area contributed by atoms with E-state index in [4.69, 9.17) is 12.2 Å². The topological polar surface area (TPSA) is 77.5 Å². The summed E-state index contributed by atoms with van der Waals surface area (Å²) in [6.07, 6.45) is 4.66. The van der Waals surface area contributed by atoms with E-state index in [-0.39, 0.29) is 16.9 Å². The highest BCUT2D eigenvalue weighted by molar-refractivity contribution is 7.79. The molecule has 40 heavy (non-hydrogen) atoms. The van der Waals surface area contributed by atoms with Crippen molar-refractivity contribution in [1.29, 1.82) is 5.26 Å². The number of allylic oxidation sites excluding steroid dienone is 2. The number of hydrogen-bond donors (Lipinski definition) is 0. The van der Waals surface area contributed by atoms with Gasteiger partial charge in [0.2, 0.25) is 0 Å². The zero-order valence-electron chi connectivity index (χ0n) is 21.8. The highest BCUT2D eigenvalue weighted by Gasteiger charge is 2.40. The Morgan fingerprint density at radius 3 is 2.62 bits per heavy atom. The molecule has 0 saturated heterocycles. The molecule has 4 aromatic rings. The van der Waals surface area contributed by atoms with Crippen molar-refractivity contribution >= 4 is 46.1 Å². The Balaban J connectivity index is 1.74.